The number of hydrogen-bond acceptors (Lipinski definition) is 2. The molecule has 1 N–H and O–H groups in total. The van der Waals surface area contributed by atoms with Crippen LogP contribution in [-0.4, -0.2) is 30.8 Å². The summed E-state index contributed by atoms with van der Waals surface area (Å²) in [6.07, 6.45) is 4.44. The zero-order chi connectivity index (χ0) is 19.9. The molecule has 0 fully saturated rings. The number of hydrogen-bond donors (Lipinski definition) is 1. The number of H-pyrrole nitrogens is 1. The van der Waals surface area contributed by atoms with E-state index in [2.05, 4.69) is 18.8 Å². The lowest BCUT2D eigenvalue weighted by molar-refractivity contribution is 0.441. The van der Waals surface area contributed by atoms with Crippen LogP contribution in [0.2, 0.25) is 0 Å². The maximum Gasteiger partial charge on any atom is 0.243 e. The molecule has 0 bridgehead atoms. The molecule has 2 aromatic carbocycles. The first-order valence-electron chi connectivity index (χ1n) is 9.42. The van der Waals surface area contributed by atoms with Crippen molar-refractivity contribution in [3.8, 4) is 0 Å². The number of aromatic amines is 1. The fourth-order valence-electron chi connectivity index (χ4n) is 3.65. The van der Waals surface area contributed by atoms with Crippen LogP contribution in [0.25, 0.3) is 16.5 Å². The number of nitrogens with one attached hydrogen (secondary N) is 1. The number of rotatable bonds is 4. The average Bonchev–Trinajstić information content (AvgIpc) is 3.11. The molecule has 1 aliphatic rings. The van der Waals surface area contributed by atoms with Crippen LogP contribution in [0.5, 0.6) is 0 Å². The number of aromatic nitrogens is 1. The second-order valence-electron chi connectivity index (χ2n) is 7.46. The number of nitrogens with zero attached hydrogens (tertiary/aromatic N) is 1. The Balaban J connectivity index is 1.57. The fraction of sp³-hybridized carbons (Fsp3) is 0.273. The van der Waals surface area contributed by atoms with E-state index in [0.29, 0.717) is 30.3 Å². The molecule has 0 radical (unpaired) electrons. The van der Waals surface area contributed by atoms with Crippen LogP contribution < -0.4 is 0 Å². The molecule has 0 saturated carbocycles. The summed E-state index contributed by atoms with van der Waals surface area (Å²) < 4.78 is 40.8. The van der Waals surface area contributed by atoms with Crippen LogP contribution in [0, 0.1) is 5.82 Å². The lowest BCUT2D eigenvalue weighted by atomic mass is 10.00. The van der Waals surface area contributed by atoms with Gasteiger partial charge in [-0.15, -0.1) is 0 Å². The Hall–Kier alpha value is -2.44. The van der Waals surface area contributed by atoms with Gasteiger partial charge in [0.1, 0.15) is 5.82 Å². The molecule has 4 nitrogen and oxygen atoms in total. The van der Waals surface area contributed by atoms with Gasteiger partial charge in [-0.25, -0.2) is 12.8 Å². The Kier molecular flexibility index (Phi) is 4.85. The van der Waals surface area contributed by atoms with E-state index < -0.39 is 10.0 Å². The first kappa shape index (κ1) is 18.9. The van der Waals surface area contributed by atoms with Gasteiger partial charge in [0.15, 0.2) is 0 Å². The monoisotopic (exact) mass is 398 g/mol. The molecule has 0 aliphatic carbocycles. The Morgan fingerprint density at radius 1 is 1.11 bits per heavy atom. The topological polar surface area (TPSA) is 53.2 Å². The number of fused-ring (bicyclic) bond motifs is 1. The van der Waals surface area contributed by atoms with Gasteiger partial charge < -0.3 is 4.98 Å². The van der Waals surface area contributed by atoms with Gasteiger partial charge in [0.05, 0.1) is 4.90 Å². The summed E-state index contributed by atoms with van der Waals surface area (Å²) in [4.78, 5) is 3.43. The van der Waals surface area contributed by atoms with E-state index in [4.69, 9.17) is 0 Å². The van der Waals surface area contributed by atoms with Crippen molar-refractivity contribution in [2.45, 2.75) is 31.1 Å². The van der Waals surface area contributed by atoms with Gasteiger partial charge in [-0.05, 0) is 53.8 Å². The molecule has 0 amide bonds. The first-order valence-corrected chi connectivity index (χ1v) is 10.9. The minimum atomic E-state index is -3.51. The van der Waals surface area contributed by atoms with Crippen molar-refractivity contribution in [1.29, 1.82) is 0 Å². The highest BCUT2D eigenvalue weighted by atomic mass is 32.2. The molecule has 28 heavy (non-hydrogen) atoms. The van der Waals surface area contributed by atoms with Crippen molar-refractivity contribution in [2.75, 3.05) is 13.1 Å². The molecule has 0 unspecified atom stereocenters. The molecule has 6 heteroatoms. The number of benzene rings is 2. The highest BCUT2D eigenvalue weighted by Crippen LogP contribution is 2.31. The molecule has 0 spiro atoms. The summed E-state index contributed by atoms with van der Waals surface area (Å²) in [5.74, 6) is 0.0844. The van der Waals surface area contributed by atoms with E-state index in [0.717, 1.165) is 27.6 Å². The van der Waals surface area contributed by atoms with Gasteiger partial charge in [-0.3, -0.25) is 0 Å². The molecule has 0 saturated heterocycles. The predicted octanol–water partition coefficient (Wildman–Crippen LogP) is 4.91. The van der Waals surface area contributed by atoms with Gasteiger partial charge in [0, 0.05) is 35.8 Å². The lowest BCUT2D eigenvalue weighted by Crippen LogP contribution is -2.34. The molecular formula is C22H23FN2O2S. The second kappa shape index (κ2) is 7.18. The van der Waals surface area contributed by atoms with Crippen LogP contribution in [0.4, 0.5) is 4.39 Å². The zero-order valence-electron chi connectivity index (χ0n) is 15.9. The third-order valence-electron chi connectivity index (χ3n) is 5.35. The van der Waals surface area contributed by atoms with Crippen LogP contribution in [0.1, 0.15) is 37.3 Å². The van der Waals surface area contributed by atoms with Crippen molar-refractivity contribution in [2.24, 2.45) is 0 Å². The molecule has 1 aromatic heterocycles. The van der Waals surface area contributed by atoms with Crippen LogP contribution in [0.15, 0.2) is 59.6 Å². The summed E-state index contributed by atoms with van der Waals surface area (Å²) in [6.45, 7) is 4.92. The van der Waals surface area contributed by atoms with Crippen LogP contribution >= 0.6 is 0 Å². The standard InChI is InChI=1S/C22H23FN2O2S/c1-15(2)16-3-6-19(7-4-16)28(26,27)25-11-9-17(10-12-25)21-14-24-22-13-18(23)5-8-20(21)22/h3-9,13-15,24H,10-12H2,1-2H3. The van der Waals surface area contributed by atoms with Crippen LogP contribution in [-0.2, 0) is 10.0 Å². The molecule has 0 atom stereocenters. The Morgan fingerprint density at radius 3 is 2.50 bits per heavy atom. The lowest BCUT2D eigenvalue weighted by Gasteiger charge is -2.26. The first-order chi connectivity index (χ1) is 13.4. The average molecular weight is 399 g/mol. The minimum Gasteiger partial charge on any atom is -0.360 e. The molecule has 1 aliphatic heterocycles. The molecule has 2 heterocycles. The Labute approximate surface area is 164 Å². The van der Waals surface area contributed by atoms with E-state index in [-0.39, 0.29) is 5.82 Å². The van der Waals surface area contributed by atoms with Crippen molar-refractivity contribution in [3.05, 3.63) is 71.7 Å². The van der Waals surface area contributed by atoms with Gasteiger partial charge in [-0.1, -0.05) is 32.1 Å². The smallest absolute Gasteiger partial charge is 0.243 e. The maximum absolute atomic E-state index is 13.4. The summed E-state index contributed by atoms with van der Waals surface area (Å²) >= 11 is 0. The summed E-state index contributed by atoms with van der Waals surface area (Å²) in [7, 11) is -3.51. The third kappa shape index (κ3) is 3.38. The SMILES string of the molecule is CC(C)c1ccc(S(=O)(=O)N2CC=C(c3c[nH]c4cc(F)ccc34)CC2)cc1. The Bertz CT molecular complexity index is 1140. The van der Waals surface area contributed by atoms with Gasteiger partial charge in [0.25, 0.3) is 0 Å². The van der Waals surface area contributed by atoms with Crippen LogP contribution in [0.3, 0.4) is 0 Å². The summed E-state index contributed by atoms with van der Waals surface area (Å²) in [5, 5.41) is 0.952. The van der Waals surface area contributed by atoms with E-state index >= 15 is 0 Å². The van der Waals surface area contributed by atoms with Crippen molar-refractivity contribution >= 4 is 26.5 Å². The van der Waals surface area contributed by atoms with Gasteiger partial charge in [-0.2, -0.15) is 4.31 Å². The van der Waals surface area contributed by atoms with Crippen molar-refractivity contribution in [3.63, 3.8) is 0 Å². The van der Waals surface area contributed by atoms with E-state index in [1.54, 1.807) is 18.2 Å². The van der Waals surface area contributed by atoms with Crippen molar-refractivity contribution < 1.29 is 12.8 Å². The second-order valence-corrected chi connectivity index (χ2v) is 9.40. The predicted molar refractivity (Wildman–Crippen MR) is 110 cm³/mol. The van der Waals surface area contributed by atoms with Crippen molar-refractivity contribution in [1.82, 2.24) is 9.29 Å². The van der Waals surface area contributed by atoms with E-state index in [1.807, 2.05) is 24.4 Å². The highest BCUT2D eigenvalue weighted by molar-refractivity contribution is 7.89. The number of halogens is 1. The van der Waals surface area contributed by atoms with E-state index in [1.165, 1.54) is 16.4 Å². The van der Waals surface area contributed by atoms with E-state index in [9.17, 15) is 12.8 Å². The highest BCUT2D eigenvalue weighted by Gasteiger charge is 2.27. The quantitative estimate of drug-likeness (QED) is 0.679. The third-order valence-corrected chi connectivity index (χ3v) is 7.23. The maximum atomic E-state index is 13.4. The van der Waals surface area contributed by atoms with Gasteiger partial charge >= 0.3 is 0 Å². The molecule has 146 valence electrons. The number of sulfonamides is 1. The summed E-state index contributed by atoms with van der Waals surface area (Å²) in [6, 6.07) is 11.8. The fourth-order valence-corrected chi connectivity index (χ4v) is 5.03. The largest absolute Gasteiger partial charge is 0.360 e. The zero-order valence-corrected chi connectivity index (χ0v) is 16.8. The normalized spacial score (nSPS) is 15.9. The molecule has 4 rings (SSSR count). The molecule has 3 aromatic rings. The van der Waals surface area contributed by atoms with Gasteiger partial charge in [0.2, 0.25) is 10.0 Å². The Morgan fingerprint density at radius 2 is 1.86 bits per heavy atom. The molecular weight excluding hydrogens is 375 g/mol. The minimum absolute atomic E-state index is 0.278. The summed E-state index contributed by atoms with van der Waals surface area (Å²) in [5.41, 5.74) is 3.96.